The van der Waals surface area contributed by atoms with Crippen LogP contribution in [0.5, 0.6) is 0 Å². The van der Waals surface area contributed by atoms with Crippen molar-refractivity contribution < 1.29 is 39.0 Å². The molecular weight excluding hydrogens is 618 g/mol. The molecule has 0 radical (unpaired) electrons. The molecule has 0 aliphatic heterocycles. The maximum absolute atomic E-state index is 12.7. The molecule has 2 rings (SSSR count). The van der Waals surface area contributed by atoms with Gasteiger partial charge in [-0.05, 0) is 117 Å². The highest BCUT2D eigenvalue weighted by Crippen LogP contribution is 2.18. The number of rotatable bonds is 12. The number of carbonyl (C=O) groups is 4. The highest BCUT2D eigenvalue weighted by Gasteiger charge is 2.29. The molecule has 2 aromatic rings. The fourth-order valence-electron chi connectivity index (χ4n) is 4.25. The first-order chi connectivity index (χ1) is 22.3. The van der Waals surface area contributed by atoms with Gasteiger partial charge < -0.3 is 35.8 Å². The highest BCUT2D eigenvalue weighted by molar-refractivity contribution is 5.97. The molecule has 3 atom stereocenters. The molecule has 13 heteroatoms. The fraction of sp³-hybridized carbons (Fsp3) is 0.486. The smallest absolute Gasteiger partial charge is 0.408 e. The van der Waals surface area contributed by atoms with Crippen molar-refractivity contribution in [1.29, 1.82) is 0 Å². The summed E-state index contributed by atoms with van der Waals surface area (Å²) in [5.74, 6) is 4.58. The minimum absolute atomic E-state index is 0.250. The van der Waals surface area contributed by atoms with E-state index in [0.717, 1.165) is 11.3 Å². The molecule has 0 fully saturated rings. The van der Waals surface area contributed by atoms with E-state index in [1.54, 1.807) is 53.7 Å². The SMILES string of the molecule is C[C@@H](O)[C@H](NC(=O)c1ccc(C#Cc2ccc(NC[C@](C)(CCCNC(=O)OC(C)(C)C)NC(=O)OC(C)(C)C)cc2)cc1)C(=O)NO. The zero-order valence-corrected chi connectivity index (χ0v) is 28.9. The van der Waals surface area contributed by atoms with Crippen LogP contribution in [0.1, 0.15) is 89.7 Å². The summed E-state index contributed by atoms with van der Waals surface area (Å²) in [6.07, 6.45) is -1.13. The minimum Gasteiger partial charge on any atom is -0.444 e. The van der Waals surface area contributed by atoms with Gasteiger partial charge in [0, 0.05) is 35.5 Å². The van der Waals surface area contributed by atoms with Crippen molar-refractivity contribution in [1.82, 2.24) is 21.4 Å². The van der Waals surface area contributed by atoms with Gasteiger partial charge in [-0.15, -0.1) is 0 Å². The first-order valence-electron chi connectivity index (χ1n) is 15.7. The number of amides is 4. The Bertz CT molecular complexity index is 1450. The molecule has 0 bridgehead atoms. The van der Waals surface area contributed by atoms with Crippen molar-refractivity contribution in [2.45, 2.75) is 97.1 Å². The average Bonchev–Trinajstić information content (AvgIpc) is 2.98. The second-order valence-corrected chi connectivity index (χ2v) is 13.6. The minimum atomic E-state index is -1.32. The lowest BCUT2D eigenvalue weighted by Crippen LogP contribution is -2.52. The number of hydrogen-bond acceptors (Lipinski definition) is 9. The summed E-state index contributed by atoms with van der Waals surface area (Å²) in [5, 5.41) is 30.0. The lowest BCUT2D eigenvalue weighted by atomic mass is 9.95. The Kier molecular flexibility index (Phi) is 14.3. The summed E-state index contributed by atoms with van der Waals surface area (Å²) in [6, 6.07) is 12.5. The fourth-order valence-corrected chi connectivity index (χ4v) is 4.25. The van der Waals surface area contributed by atoms with Crippen LogP contribution < -0.4 is 26.7 Å². The monoisotopic (exact) mass is 667 g/mol. The third-order valence-electron chi connectivity index (χ3n) is 6.60. The van der Waals surface area contributed by atoms with Crippen molar-refractivity contribution in [3.8, 4) is 11.8 Å². The molecule has 0 unspecified atom stereocenters. The number of alkyl carbamates (subject to hydrolysis) is 2. The van der Waals surface area contributed by atoms with E-state index in [0.29, 0.717) is 31.5 Å². The van der Waals surface area contributed by atoms with Crippen LogP contribution >= 0.6 is 0 Å². The first kappa shape index (κ1) is 39.4. The lowest BCUT2D eigenvalue weighted by molar-refractivity contribution is -0.133. The van der Waals surface area contributed by atoms with Gasteiger partial charge in [0.05, 0.1) is 11.6 Å². The number of anilines is 1. The number of hydrogen-bond donors (Lipinski definition) is 7. The second kappa shape index (κ2) is 17.4. The van der Waals surface area contributed by atoms with Crippen LogP contribution in [0.25, 0.3) is 0 Å². The molecule has 0 aliphatic carbocycles. The molecule has 0 aromatic heterocycles. The largest absolute Gasteiger partial charge is 0.444 e. The number of aliphatic hydroxyl groups excluding tert-OH is 1. The third kappa shape index (κ3) is 14.7. The molecular formula is C35H49N5O8. The van der Waals surface area contributed by atoms with Gasteiger partial charge in [-0.1, -0.05) is 11.8 Å². The van der Waals surface area contributed by atoms with Crippen LogP contribution in [0.4, 0.5) is 15.3 Å². The van der Waals surface area contributed by atoms with E-state index in [2.05, 4.69) is 33.1 Å². The quantitative estimate of drug-likeness (QED) is 0.0758. The van der Waals surface area contributed by atoms with Crippen LogP contribution in [0.3, 0.4) is 0 Å². The van der Waals surface area contributed by atoms with Crippen LogP contribution in [-0.2, 0) is 14.3 Å². The van der Waals surface area contributed by atoms with Gasteiger partial charge in [0.25, 0.3) is 11.8 Å². The van der Waals surface area contributed by atoms with Gasteiger partial charge in [-0.25, -0.2) is 15.1 Å². The summed E-state index contributed by atoms with van der Waals surface area (Å²) in [7, 11) is 0. The molecule has 0 saturated heterocycles. The van der Waals surface area contributed by atoms with Gasteiger partial charge in [-0.2, -0.15) is 0 Å². The zero-order chi connectivity index (χ0) is 36.1. The molecule has 0 heterocycles. The summed E-state index contributed by atoms with van der Waals surface area (Å²) in [5.41, 5.74) is 1.92. The van der Waals surface area contributed by atoms with Crippen molar-refractivity contribution in [3.63, 3.8) is 0 Å². The average molecular weight is 668 g/mol. The summed E-state index contributed by atoms with van der Waals surface area (Å²) in [6.45, 7) is 14.8. The number of aliphatic hydroxyl groups is 1. The Morgan fingerprint density at radius 1 is 0.812 bits per heavy atom. The maximum Gasteiger partial charge on any atom is 0.408 e. The van der Waals surface area contributed by atoms with Crippen LogP contribution in [-0.4, -0.2) is 76.3 Å². The standard InChI is InChI=1S/C35H49N5O8/c1-23(41)28(30(43)40-46)38-29(42)26-16-12-24(13-17-26)10-11-25-14-18-27(19-15-25)37-22-35(8,39-32(45)48-34(5,6)7)20-9-21-36-31(44)47-33(2,3)4/h12-19,23,28,37,41,46H,9,20-22H2,1-8H3,(H,36,44)(H,38,42)(H,39,45)(H,40,43)/t23-,28+,35+/m1/s1. The predicted molar refractivity (Wildman–Crippen MR) is 181 cm³/mol. The number of hydroxylamine groups is 1. The summed E-state index contributed by atoms with van der Waals surface area (Å²) >= 11 is 0. The van der Waals surface area contributed by atoms with Gasteiger partial charge >= 0.3 is 12.2 Å². The van der Waals surface area contributed by atoms with Gasteiger partial charge in [0.2, 0.25) is 0 Å². The van der Waals surface area contributed by atoms with Gasteiger partial charge in [-0.3, -0.25) is 14.8 Å². The Labute approximate surface area is 282 Å². The normalized spacial score (nSPS) is 13.7. The van der Waals surface area contributed by atoms with Gasteiger partial charge in [0.15, 0.2) is 0 Å². The van der Waals surface area contributed by atoms with E-state index in [1.807, 2.05) is 31.2 Å². The van der Waals surface area contributed by atoms with Crippen molar-refractivity contribution in [2.75, 3.05) is 18.4 Å². The Hall–Kier alpha value is -4.80. The third-order valence-corrected chi connectivity index (χ3v) is 6.60. The molecule has 262 valence electrons. The van der Waals surface area contributed by atoms with E-state index in [1.165, 1.54) is 24.5 Å². The summed E-state index contributed by atoms with van der Waals surface area (Å²) in [4.78, 5) is 48.8. The van der Waals surface area contributed by atoms with E-state index in [4.69, 9.17) is 14.7 Å². The first-order valence-corrected chi connectivity index (χ1v) is 15.7. The maximum atomic E-state index is 12.7. The molecule has 0 saturated carbocycles. The highest BCUT2D eigenvalue weighted by atomic mass is 16.6. The van der Waals surface area contributed by atoms with E-state index in [9.17, 15) is 24.3 Å². The molecule has 7 N–H and O–H groups in total. The van der Waals surface area contributed by atoms with E-state index >= 15 is 0 Å². The number of ether oxygens (including phenoxy) is 2. The Morgan fingerprint density at radius 3 is 1.83 bits per heavy atom. The van der Waals surface area contributed by atoms with Crippen LogP contribution in [0.2, 0.25) is 0 Å². The van der Waals surface area contributed by atoms with Crippen LogP contribution in [0.15, 0.2) is 48.5 Å². The van der Waals surface area contributed by atoms with E-state index < -0.39 is 52.9 Å². The molecule has 48 heavy (non-hydrogen) atoms. The number of benzene rings is 2. The lowest BCUT2D eigenvalue weighted by Gasteiger charge is -2.33. The molecule has 13 nitrogen and oxygen atoms in total. The van der Waals surface area contributed by atoms with Gasteiger partial charge in [0.1, 0.15) is 17.2 Å². The predicted octanol–water partition coefficient (Wildman–Crippen LogP) is 4.07. The van der Waals surface area contributed by atoms with E-state index in [-0.39, 0.29) is 5.56 Å². The molecule has 0 spiro atoms. The number of carbonyl (C=O) groups excluding carboxylic acids is 4. The number of nitrogens with one attached hydrogen (secondary N) is 5. The van der Waals surface area contributed by atoms with Crippen LogP contribution in [0, 0.1) is 11.8 Å². The summed E-state index contributed by atoms with van der Waals surface area (Å²) < 4.78 is 10.8. The zero-order valence-electron chi connectivity index (χ0n) is 28.9. The van der Waals surface area contributed by atoms with Crippen molar-refractivity contribution >= 4 is 29.7 Å². The molecule has 2 aromatic carbocycles. The molecule has 4 amide bonds. The van der Waals surface area contributed by atoms with Crippen molar-refractivity contribution in [2.24, 2.45) is 0 Å². The Balaban J connectivity index is 2.02. The topological polar surface area (TPSA) is 187 Å². The second-order valence-electron chi connectivity index (χ2n) is 13.6. The van der Waals surface area contributed by atoms with Crippen molar-refractivity contribution in [3.05, 3.63) is 65.2 Å². The Morgan fingerprint density at radius 2 is 1.33 bits per heavy atom. The molecule has 0 aliphatic rings.